The van der Waals surface area contributed by atoms with Gasteiger partial charge >= 0.3 is 5.76 Å². The van der Waals surface area contributed by atoms with E-state index < -0.39 is 17.4 Å². The molecule has 3 N–H and O–H groups in total. The lowest BCUT2D eigenvalue weighted by molar-refractivity contribution is 0.438. The fraction of sp³-hybridized carbons (Fsp3) is 0. The number of anilines is 1. The van der Waals surface area contributed by atoms with E-state index in [0.717, 1.165) is 18.2 Å². The van der Waals surface area contributed by atoms with Crippen LogP contribution in [0.4, 0.5) is 14.5 Å². The smallest absolute Gasteiger partial charge is 0.417 e. The summed E-state index contributed by atoms with van der Waals surface area (Å²) in [5.74, 6) is -2.24. The molecule has 102 valence electrons. The zero-order valence-electron chi connectivity index (χ0n) is 9.94. The number of rotatable bonds is 2. The van der Waals surface area contributed by atoms with E-state index in [-0.39, 0.29) is 22.8 Å². The summed E-state index contributed by atoms with van der Waals surface area (Å²) < 4.78 is 36.6. The summed E-state index contributed by atoms with van der Waals surface area (Å²) >= 11 is 0. The quantitative estimate of drug-likeness (QED) is 0.706. The third-order valence-corrected chi connectivity index (χ3v) is 2.66. The Kier molecular flexibility index (Phi) is 2.67. The molecule has 0 atom stereocenters. The minimum atomic E-state index is -0.730. The van der Waals surface area contributed by atoms with Crippen molar-refractivity contribution in [3.63, 3.8) is 0 Å². The number of nitrogens with two attached hydrogens (primary N) is 1. The van der Waals surface area contributed by atoms with Gasteiger partial charge in [-0.25, -0.2) is 13.6 Å². The Morgan fingerprint density at radius 1 is 1.15 bits per heavy atom. The molecular formula is C13H8F2N2O3. The summed E-state index contributed by atoms with van der Waals surface area (Å²) in [6.45, 7) is 0. The Hall–Kier alpha value is -2.83. The van der Waals surface area contributed by atoms with Crippen molar-refractivity contribution in [3.05, 3.63) is 52.5 Å². The second kappa shape index (κ2) is 4.37. The van der Waals surface area contributed by atoms with Gasteiger partial charge < -0.3 is 14.9 Å². The van der Waals surface area contributed by atoms with Crippen molar-refractivity contribution >= 4 is 16.8 Å². The molecule has 0 spiro atoms. The fourth-order valence-corrected chi connectivity index (χ4v) is 1.76. The van der Waals surface area contributed by atoms with Gasteiger partial charge in [-0.05, 0) is 12.1 Å². The van der Waals surface area contributed by atoms with E-state index in [2.05, 4.69) is 4.98 Å². The van der Waals surface area contributed by atoms with E-state index in [9.17, 15) is 13.6 Å². The minimum Gasteiger partial charge on any atom is -0.452 e. The lowest BCUT2D eigenvalue weighted by atomic mass is 10.2. The molecule has 1 aromatic heterocycles. The van der Waals surface area contributed by atoms with E-state index in [1.54, 1.807) is 0 Å². The highest BCUT2D eigenvalue weighted by Crippen LogP contribution is 2.32. The maximum atomic E-state index is 13.5. The number of nitrogen functional groups attached to an aromatic ring is 1. The molecular weight excluding hydrogens is 270 g/mol. The van der Waals surface area contributed by atoms with E-state index in [4.69, 9.17) is 14.9 Å². The van der Waals surface area contributed by atoms with E-state index >= 15 is 0 Å². The topological polar surface area (TPSA) is 81.2 Å². The molecule has 0 saturated heterocycles. The van der Waals surface area contributed by atoms with Crippen LogP contribution in [0.3, 0.4) is 0 Å². The number of hydrogen-bond donors (Lipinski definition) is 2. The standard InChI is InChI=1S/C13H8F2N2O3/c14-6-1-2-7(15)10(3-6)19-11-5-9-12(4-8(11)16)20-13(18)17-9/h1-5H,16H2,(H,17,18). The Labute approximate surface area is 110 Å². The molecule has 2 aromatic carbocycles. The molecule has 0 saturated carbocycles. The maximum Gasteiger partial charge on any atom is 0.417 e. The molecule has 0 fully saturated rings. The van der Waals surface area contributed by atoms with Crippen LogP contribution in [-0.2, 0) is 0 Å². The van der Waals surface area contributed by atoms with Crippen LogP contribution in [0.15, 0.2) is 39.5 Å². The van der Waals surface area contributed by atoms with Gasteiger partial charge in [0.25, 0.3) is 0 Å². The van der Waals surface area contributed by atoms with Crippen LogP contribution in [0.25, 0.3) is 11.1 Å². The predicted molar refractivity (Wildman–Crippen MR) is 67.7 cm³/mol. The third-order valence-electron chi connectivity index (χ3n) is 2.66. The summed E-state index contributed by atoms with van der Waals surface area (Å²) in [4.78, 5) is 13.5. The van der Waals surface area contributed by atoms with Crippen LogP contribution in [-0.4, -0.2) is 4.98 Å². The number of oxazole rings is 1. The highest BCUT2D eigenvalue weighted by Gasteiger charge is 2.11. The number of fused-ring (bicyclic) bond motifs is 1. The number of aromatic nitrogens is 1. The molecule has 3 aromatic rings. The van der Waals surface area contributed by atoms with Crippen molar-refractivity contribution in [3.8, 4) is 11.5 Å². The first kappa shape index (κ1) is 12.2. The zero-order chi connectivity index (χ0) is 14.3. The van der Waals surface area contributed by atoms with Crippen LogP contribution in [0, 0.1) is 11.6 Å². The molecule has 0 amide bonds. The summed E-state index contributed by atoms with van der Waals surface area (Å²) in [6, 6.07) is 5.55. The van der Waals surface area contributed by atoms with Crippen molar-refractivity contribution < 1.29 is 17.9 Å². The Bertz CT molecular complexity index is 854. The number of halogens is 2. The summed E-state index contributed by atoms with van der Waals surface area (Å²) in [6.07, 6.45) is 0. The Morgan fingerprint density at radius 3 is 2.75 bits per heavy atom. The average Bonchev–Trinajstić information content (AvgIpc) is 2.73. The van der Waals surface area contributed by atoms with E-state index in [0.29, 0.717) is 5.52 Å². The lowest BCUT2D eigenvalue weighted by Crippen LogP contribution is -1.95. The Morgan fingerprint density at radius 2 is 1.95 bits per heavy atom. The van der Waals surface area contributed by atoms with Crippen LogP contribution >= 0.6 is 0 Å². The number of H-pyrrole nitrogens is 1. The van der Waals surface area contributed by atoms with Crippen LogP contribution in [0.2, 0.25) is 0 Å². The first-order chi connectivity index (χ1) is 9.52. The Balaban J connectivity index is 2.07. The summed E-state index contributed by atoms with van der Waals surface area (Å²) in [7, 11) is 0. The van der Waals surface area contributed by atoms with E-state index in [1.807, 2.05) is 0 Å². The molecule has 0 unspecified atom stereocenters. The molecule has 0 aliphatic heterocycles. The van der Waals surface area contributed by atoms with Crippen molar-refractivity contribution in [1.82, 2.24) is 4.98 Å². The van der Waals surface area contributed by atoms with Gasteiger partial charge in [-0.3, -0.25) is 4.98 Å². The lowest BCUT2D eigenvalue weighted by Gasteiger charge is -2.09. The van der Waals surface area contributed by atoms with Gasteiger partial charge in [-0.15, -0.1) is 0 Å². The van der Waals surface area contributed by atoms with Gasteiger partial charge in [0.1, 0.15) is 5.82 Å². The molecule has 0 bridgehead atoms. The minimum absolute atomic E-state index is 0.0825. The molecule has 0 radical (unpaired) electrons. The summed E-state index contributed by atoms with van der Waals surface area (Å²) in [5, 5.41) is 0. The average molecular weight is 278 g/mol. The number of nitrogens with one attached hydrogen (secondary N) is 1. The second-order valence-corrected chi connectivity index (χ2v) is 4.08. The molecule has 5 nitrogen and oxygen atoms in total. The van der Waals surface area contributed by atoms with Gasteiger partial charge in [0.05, 0.1) is 11.2 Å². The van der Waals surface area contributed by atoms with Crippen LogP contribution in [0.5, 0.6) is 11.5 Å². The van der Waals surface area contributed by atoms with Crippen molar-refractivity contribution in [2.75, 3.05) is 5.73 Å². The molecule has 3 rings (SSSR count). The van der Waals surface area contributed by atoms with E-state index in [1.165, 1.54) is 12.1 Å². The van der Waals surface area contributed by atoms with Gasteiger partial charge in [0.15, 0.2) is 22.9 Å². The van der Waals surface area contributed by atoms with Crippen LogP contribution in [0.1, 0.15) is 0 Å². The largest absolute Gasteiger partial charge is 0.452 e. The molecule has 7 heteroatoms. The van der Waals surface area contributed by atoms with Gasteiger partial charge in [-0.1, -0.05) is 0 Å². The highest BCUT2D eigenvalue weighted by atomic mass is 19.1. The normalized spacial score (nSPS) is 10.9. The zero-order valence-corrected chi connectivity index (χ0v) is 9.94. The molecule has 0 aliphatic rings. The third kappa shape index (κ3) is 2.09. The monoisotopic (exact) mass is 278 g/mol. The maximum absolute atomic E-state index is 13.5. The first-order valence-corrected chi connectivity index (χ1v) is 5.58. The van der Waals surface area contributed by atoms with Crippen molar-refractivity contribution in [2.24, 2.45) is 0 Å². The van der Waals surface area contributed by atoms with Gasteiger partial charge in [-0.2, -0.15) is 0 Å². The highest BCUT2D eigenvalue weighted by molar-refractivity contribution is 5.80. The van der Waals surface area contributed by atoms with Gasteiger partial charge in [0.2, 0.25) is 0 Å². The number of ether oxygens (including phenoxy) is 1. The van der Waals surface area contributed by atoms with Crippen molar-refractivity contribution in [2.45, 2.75) is 0 Å². The van der Waals surface area contributed by atoms with Crippen LogP contribution < -0.4 is 16.2 Å². The number of aromatic amines is 1. The number of benzene rings is 2. The SMILES string of the molecule is Nc1cc2oc(=O)[nH]c2cc1Oc1cc(F)ccc1F. The summed E-state index contributed by atoms with van der Waals surface area (Å²) in [5.41, 5.74) is 6.44. The van der Waals surface area contributed by atoms with Crippen molar-refractivity contribution in [1.29, 1.82) is 0 Å². The molecule has 1 heterocycles. The first-order valence-electron chi connectivity index (χ1n) is 5.58. The molecule has 0 aliphatic carbocycles. The fourth-order valence-electron chi connectivity index (χ4n) is 1.76. The van der Waals surface area contributed by atoms with Gasteiger partial charge in [0, 0.05) is 18.2 Å². The predicted octanol–water partition coefficient (Wildman–Crippen LogP) is 2.77. The molecule has 20 heavy (non-hydrogen) atoms. The number of hydrogen-bond acceptors (Lipinski definition) is 4. The second-order valence-electron chi connectivity index (χ2n) is 4.08.